The first kappa shape index (κ1) is 27.5. The van der Waals surface area contributed by atoms with Gasteiger partial charge in [-0.15, -0.1) is 0 Å². The largest absolute Gasteiger partial charge is 0.388 e. The highest BCUT2D eigenvalue weighted by atomic mass is 19.2. The standard InChI is InChI=1S/C31H29F5O3/c1-2-3-26(37)23-12-10-21(28(33)30(23)35)17-6-8-20(9-7-17)38-15-19-5-4-18(14-25(19)32)22-11-13-24(27-16-39-27)31(36)29(22)34/h4-6,10-14,20,26-27,37H,2-3,7-9,15-16H2,1H3. The summed E-state index contributed by atoms with van der Waals surface area (Å²) in [5.74, 6) is -4.62. The molecular formula is C31H29F5O3. The molecule has 1 heterocycles. The zero-order chi connectivity index (χ0) is 27.7. The van der Waals surface area contributed by atoms with E-state index in [0.717, 1.165) is 6.07 Å². The molecule has 0 aromatic heterocycles. The van der Waals surface area contributed by atoms with Crippen LogP contribution >= 0.6 is 0 Å². The topological polar surface area (TPSA) is 42.0 Å². The molecule has 1 aliphatic carbocycles. The summed E-state index contributed by atoms with van der Waals surface area (Å²) in [6.07, 6.45) is 2.50. The minimum Gasteiger partial charge on any atom is -0.388 e. The Bertz CT molecular complexity index is 1400. The Morgan fingerprint density at radius 3 is 2.36 bits per heavy atom. The molecule has 0 radical (unpaired) electrons. The fraction of sp³-hybridized carbons (Fsp3) is 0.355. The van der Waals surface area contributed by atoms with Crippen molar-refractivity contribution < 1.29 is 36.5 Å². The number of rotatable bonds is 9. The van der Waals surface area contributed by atoms with Crippen LogP contribution in [0.4, 0.5) is 22.0 Å². The van der Waals surface area contributed by atoms with Crippen molar-refractivity contribution in [3.8, 4) is 11.1 Å². The van der Waals surface area contributed by atoms with E-state index >= 15 is 0 Å². The van der Waals surface area contributed by atoms with E-state index in [1.165, 1.54) is 36.4 Å². The first-order valence-electron chi connectivity index (χ1n) is 13.1. The monoisotopic (exact) mass is 544 g/mol. The van der Waals surface area contributed by atoms with Crippen LogP contribution in [-0.4, -0.2) is 17.8 Å². The second-order valence-electron chi connectivity index (χ2n) is 10.0. The van der Waals surface area contributed by atoms with Gasteiger partial charge in [0.2, 0.25) is 0 Å². The van der Waals surface area contributed by atoms with Gasteiger partial charge in [0.1, 0.15) is 11.9 Å². The molecule has 1 N–H and O–H groups in total. The summed E-state index contributed by atoms with van der Waals surface area (Å²) in [6, 6.07) is 9.96. The third kappa shape index (κ3) is 5.78. The number of benzene rings is 3. The van der Waals surface area contributed by atoms with Gasteiger partial charge in [0, 0.05) is 27.8 Å². The third-order valence-corrected chi connectivity index (χ3v) is 7.37. The highest BCUT2D eigenvalue weighted by Gasteiger charge is 2.30. The maximum absolute atomic E-state index is 14.8. The number of hydrogen-bond acceptors (Lipinski definition) is 3. The lowest BCUT2D eigenvalue weighted by molar-refractivity contribution is 0.0345. The van der Waals surface area contributed by atoms with E-state index in [4.69, 9.17) is 9.47 Å². The fourth-order valence-corrected chi connectivity index (χ4v) is 5.01. The Morgan fingerprint density at radius 2 is 1.69 bits per heavy atom. The molecule has 5 rings (SSSR count). The molecule has 3 aromatic rings. The quantitative estimate of drug-likeness (QED) is 0.219. The Balaban J connectivity index is 1.22. The fourth-order valence-electron chi connectivity index (χ4n) is 5.01. The molecule has 206 valence electrons. The highest BCUT2D eigenvalue weighted by Crippen LogP contribution is 2.37. The maximum Gasteiger partial charge on any atom is 0.167 e. The number of aliphatic hydroxyl groups is 1. The molecule has 0 spiro atoms. The minimum absolute atomic E-state index is 0.0260. The van der Waals surface area contributed by atoms with Crippen LogP contribution in [0.5, 0.6) is 0 Å². The van der Waals surface area contributed by atoms with E-state index in [1.807, 2.05) is 6.92 Å². The molecule has 2 aliphatic rings. The van der Waals surface area contributed by atoms with Gasteiger partial charge < -0.3 is 14.6 Å². The molecule has 3 unspecified atom stereocenters. The predicted molar refractivity (Wildman–Crippen MR) is 137 cm³/mol. The zero-order valence-electron chi connectivity index (χ0n) is 21.5. The van der Waals surface area contributed by atoms with Crippen LogP contribution in [0.15, 0.2) is 48.5 Å². The van der Waals surface area contributed by atoms with Crippen LogP contribution in [0.1, 0.15) is 73.5 Å². The molecule has 3 nitrogen and oxygen atoms in total. The average molecular weight is 545 g/mol. The van der Waals surface area contributed by atoms with Gasteiger partial charge in [0.15, 0.2) is 23.3 Å². The molecular weight excluding hydrogens is 515 g/mol. The zero-order valence-corrected chi connectivity index (χ0v) is 21.5. The average Bonchev–Trinajstić information content (AvgIpc) is 3.77. The first-order valence-corrected chi connectivity index (χ1v) is 13.1. The van der Waals surface area contributed by atoms with Crippen LogP contribution in [-0.2, 0) is 16.1 Å². The van der Waals surface area contributed by atoms with Crippen molar-refractivity contribution in [3.05, 3.63) is 99.9 Å². The molecule has 0 bridgehead atoms. The van der Waals surface area contributed by atoms with Gasteiger partial charge in [-0.1, -0.05) is 55.8 Å². The summed E-state index contributed by atoms with van der Waals surface area (Å²) in [7, 11) is 0. The van der Waals surface area contributed by atoms with Gasteiger partial charge in [-0.3, -0.25) is 0 Å². The Labute approximate surface area is 223 Å². The van der Waals surface area contributed by atoms with Crippen molar-refractivity contribution in [2.24, 2.45) is 0 Å². The van der Waals surface area contributed by atoms with E-state index in [-0.39, 0.29) is 46.1 Å². The summed E-state index contributed by atoms with van der Waals surface area (Å²) in [5, 5.41) is 10.1. The maximum atomic E-state index is 14.8. The first-order chi connectivity index (χ1) is 18.8. The number of allylic oxidation sites excluding steroid dienone is 1. The number of ether oxygens (including phenoxy) is 2. The second kappa shape index (κ2) is 11.6. The van der Waals surface area contributed by atoms with Crippen LogP contribution in [0, 0.1) is 29.1 Å². The van der Waals surface area contributed by atoms with E-state index < -0.39 is 41.3 Å². The number of halogens is 5. The van der Waals surface area contributed by atoms with Gasteiger partial charge in [-0.2, -0.15) is 0 Å². The molecule has 1 saturated heterocycles. The van der Waals surface area contributed by atoms with E-state index in [0.29, 0.717) is 44.3 Å². The molecule has 8 heteroatoms. The molecule has 3 atom stereocenters. The van der Waals surface area contributed by atoms with Crippen molar-refractivity contribution >= 4 is 5.57 Å². The number of hydrogen-bond donors (Lipinski definition) is 1. The van der Waals surface area contributed by atoms with Gasteiger partial charge in [0.05, 0.1) is 25.4 Å². The van der Waals surface area contributed by atoms with E-state index in [9.17, 15) is 27.1 Å². The summed E-state index contributed by atoms with van der Waals surface area (Å²) in [6.45, 7) is 2.18. The van der Waals surface area contributed by atoms with Crippen molar-refractivity contribution in [2.75, 3.05) is 6.61 Å². The molecule has 0 amide bonds. The Kier molecular flexibility index (Phi) is 8.16. The summed E-state index contributed by atoms with van der Waals surface area (Å²) >= 11 is 0. The summed E-state index contributed by atoms with van der Waals surface area (Å²) in [5.41, 5.74) is 1.39. The summed E-state index contributed by atoms with van der Waals surface area (Å²) < 4.78 is 84.0. The van der Waals surface area contributed by atoms with Crippen LogP contribution < -0.4 is 0 Å². The SMILES string of the molecule is CCCC(O)c1ccc(C2=CCC(OCc3ccc(-c4ccc(C5CO5)c(F)c4F)cc3F)CC2)c(F)c1F. The lowest BCUT2D eigenvalue weighted by Crippen LogP contribution is -2.16. The molecule has 0 saturated carbocycles. The number of aliphatic hydroxyl groups excluding tert-OH is 1. The van der Waals surface area contributed by atoms with Crippen molar-refractivity contribution in [3.63, 3.8) is 0 Å². The number of epoxide rings is 1. The second-order valence-corrected chi connectivity index (χ2v) is 10.0. The van der Waals surface area contributed by atoms with E-state index in [1.54, 1.807) is 6.08 Å². The van der Waals surface area contributed by atoms with Crippen LogP contribution in [0.25, 0.3) is 16.7 Å². The highest BCUT2D eigenvalue weighted by molar-refractivity contribution is 5.67. The van der Waals surface area contributed by atoms with Gasteiger partial charge in [-0.05, 0) is 42.9 Å². The lowest BCUT2D eigenvalue weighted by Gasteiger charge is -2.23. The van der Waals surface area contributed by atoms with E-state index in [2.05, 4.69) is 0 Å². The van der Waals surface area contributed by atoms with Crippen molar-refractivity contribution in [1.82, 2.24) is 0 Å². The van der Waals surface area contributed by atoms with Gasteiger partial charge in [0.25, 0.3) is 0 Å². The minimum atomic E-state index is -1.05. The molecule has 1 fully saturated rings. The van der Waals surface area contributed by atoms with Gasteiger partial charge in [-0.25, -0.2) is 22.0 Å². The van der Waals surface area contributed by atoms with Crippen LogP contribution in [0.3, 0.4) is 0 Å². The normalized spacial score (nSPS) is 19.6. The predicted octanol–water partition coefficient (Wildman–Crippen LogP) is 8.11. The summed E-state index contributed by atoms with van der Waals surface area (Å²) in [4.78, 5) is 0. The van der Waals surface area contributed by atoms with Crippen LogP contribution in [0.2, 0.25) is 0 Å². The molecule has 1 aliphatic heterocycles. The van der Waals surface area contributed by atoms with Gasteiger partial charge >= 0.3 is 0 Å². The van der Waals surface area contributed by atoms with Crippen molar-refractivity contribution in [1.29, 1.82) is 0 Å². The Hall–Kier alpha value is -3.07. The molecule has 39 heavy (non-hydrogen) atoms. The lowest BCUT2D eigenvalue weighted by atomic mass is 9.90. The van der Waals surface area contributed by atoms with Crippen molar-refractivity contribution in [2.45, 2.75) is 63.9 Å². The molecule has 3 aromatic carbocycles. The Morgan fingerprint density at radius 1 is 0.949 bits per heavy atom. The smallest absolute Gasteiger partial charge is 0.167 e. The third-order valence-electron chi connectivity index (χ3n) is 7.37.